The van der Waals surface area contributed by atoms with Crippen molar-refractivity contribution in [1.29, 1.82) is 0 Å². The van der Waals surface area contributed by atoms with Crippen LogP contribution in [0.2, 0.25) is 0 Å². The quantitative estimate of drug-likeness (QED) is 0.538. The molecule has 0 unspecified atom stereocenters. The molecule has 4 heterocycles. The minimum Gasteiger partial charge on any atom is -0.465 e. The van der Waals surface area contributed by atoms with Crippen molar-refractivity contribution in [2.75, 3.05) is 33.3 Å². The van der Waals surface area contributed by atoms with Crippen LogP contribution in [0.5, 0.6) is 0 Å². The van der Waals surface area contributed by atoms with Crippen LogP contribution in [0.3, 0.4) is 0 Å². The number of nitrogens with zero attached hydrogens (tertiary/aromatic N) is 2. The number of methoxy groups -OCH3 is 1. The molecule has 3 aromatic rings. The number of benzene rings is 2. The van der Waals surface area contributed by atoms with Gasteiger partial charge in [-0.05, 0) is 74.6 Å². The molecule has 0 saturated carbocycles. The predicted molar refractivity (Wildman–Crippen MR) is 127 cm³/mol. The molecular weight excluding hydrogens is 438 g/mol. The Morgan fingerprint density at radius 1 is 1.09 bits per heavy atom. The first kappa shape index (κ1) is 22.1. The van der Waals surface area contributed by atoms with Gasteiger partial charge in [0.1, 0.15) is 0 Å². The van der Waals surface area contributed by atoms with E-state index in [2.05, 4.69) is 10.2 Å². The molecule has 1 N–H and O–H groups in total. The smallest absolute Gasteiger partial charge is 0.338 e. The summed E-state index contributed by atoms with van der Waals surface area (Å²) in [5, 5.41) is 4.33. The van der Waals surface area contributed by atoms with Crippen LogP contribution in [0.1, 0.15) is 28.8 Å². The lowest BCUT2D eigenvalue weighted by molar-refractivity contribution is 0.0603. The van der Waals surface area contributed by atoms with Crippen LogP contribution in [0.4, 0.5) is 0 Å². The number of carbonyl (C=O) groups is 1. The fourth-order valence-electron chi connectivity index (χ4n) is 5.30. The summed E-state index contributed by atoms with van der Waals surface area (Å²) in [6.07, 6.45) is 4.75. The third-order valence-corrected chi connectivity index (χ3v) is 8.72. The number of nitrogens with one attached hydrogen (secondary N) is 1. The zero-order chi connectivity index (χ0) is 23.0. The van der Waals surface area contributed by atoms with Crippen LogP contribution in [0.25, 0.3) is 10.9 Å². The molecule has 174 valence electrons. The van der Waals surface area contributed by atoms with E-state index in [0.29, 0.717) is 34.8 Å². The van der Waals surface area contributed by atoms with Crippen molar-refractivity contribution < 1.29 is 17.9 Å². The molecule has 7 nitrogen and oxygen atoms in total. The molecule has 0 radical (unpaired) electrons. The number of ether oxygens (including phenoxy) is 1. The average molecular weight is 468 g/mol. The second kappa shape index (κ2) is 8.93. The molecule has 3 fully saturated rings. The molecule has 2 bridgehead atoms. The molecule has 3 saturated heterocycles. The molecule has 6 rings (SSSR count). The van der Waals surface area contributed by atoms with Crippen molar-refractivity contribution in [1.82, 2.24) is 14.2 Å². The first-order valence-corrected chi connectivity index (χ1v) is 12.9. The van der Waals surface area contributed by atoms with Crippen LogP contribution >= 0.6 is 0 Å². The van der Waals surface area contributed by atoms with Crippen molar-refractivity contribution in [2.45, 2.75) is 30.2 Å². The molecule has 3 aliphatic rings. The number of hydrogen-bond acceptors (Lipinski definition) is 6. The summed E-state index contributed by atoms with van der Waals surface area (Å²) in [7, 11) is -2.47. The topological polar surface area (TPSA) is 80.6 Å². The lowest BCUT2D eigenvalue weighted by atomic mass is 9.84. The van der Waals surface area contributed by atoms with Crippen molar-refractivity contribution in [2.24, 2.45) is 5.92 Å². The molecule has 33 heavy (non-hydrogen) atoms. The van der Waals surface area contributed by atoms with E-state index in [-0.39, 0.29) is 4.90 Å². The van der Waals surface area contributed by atoms with Crippen LogP contribution in [0.15, 0.2) is 59.6 Å². The maximum absolute atomic E-state index is 13.4. The summed E-state index contributed by atoms with van der Waals surface area (Å²) in [6.45, 7) is 4.17. The van der Waals surface area contributed by atoms with Gasteiger partial charge in [0, 0.05) is 24.2 Å². The van der Waals surface area contributed by atoms with Gasteiger partial charge in [0.25, 0.3) is 10.0 Å². The van der Waals surface area contributed by atoms with E-state index in [4.69, 9.17) is 4.74 Å². The Kier molecular flexibility index (Phi) is 5.99. The van der Waals surface area contributed by atoms with Crippen LogP contribution < -0.4 is 5.32 Å². The number of carbonyl (C=O) groups excluding carboxylic acids is 1. The molecule has 8 heteroatoms. The fraction of sp³-hybridized carbons (Fsp3) is 0.400. The van der Waals surface area contributed by atoms with Gasteiger partial charge in [-0.25, -0.2) is 17.2 Å². The molecule has 1 atom stereocenters. The van der Waals surface area contributed by atoms with Crippen LogP contribution in [0, 0.1) is 5.92 Å². The second-order valence-corrected chi connectivity index (χ2v) is 10.7. The van der Waals surface area contributed by atoms with Gasteiger partial charge in [0.05, 0.1) is 23.1 Å². The van der Waals surface area contributed by atoms with E-state index >= 15 is 0 Å². The minimum atomic E-state index is -3.81. The molecule has 0 amide bonds. The highest BCUT2D eigenvalue weighted by molar-refractivity contribution is 7.90. The monoisotopic (exact) mass is 467 g/mol. The number of aromatic nitrogens is 1. The van der Waals surface area contributed by atoms with E-state index in [1.165, 1.54) is 37.0 Å². The summed E-state index contributed by atoms with van der Waals surface area (Å²) in [6, 6.07) is 14.0. The average Bonchev–Trinajstić information content (AvgIpc) is 3.24. The normalized spacial score (nSPS) is 22.5. The highest BCUT2D eigenvalue weighted by Gasteiger charge is 2.33. The lowest BCUT2D eigenvalue weighted by Crippen LogP contribution is -2.56. The van der Waals surface area contributed by atoms with Gasteiger partial charge in [0.2, 0.25) is 0 Å². The van der Waals surface area contributed by atoms with Crippen molar-refractivity contribution in [3.8, 4) is 0 Å². The van der Waals surface area contributed by atoms with Gasteiger partial charge in [0.15, 0.2) is 0 Å². The Labute approximate surface area is 194 Å². The van der Waals surface area contributed by atoms with E-state index in [1.54, 1.807) is 54.7 Å². The van der Waals surface area contributed by atoms with E-state index in [9.17, 15) is 13.2 Å². The Bertz CT molecular complexity index is 1260. The summed E-state index contributed by atoms with van der Waals surface area (Å²) >= 11 is 0. The van der Waals surface area contributed by atoms with Gasteiger partial charge >= 0.3 is 5.97 Å². The molecule has 0 spiro atoms. The van der Waals surface area contributed by atoms with Crippen LogP contribution in [-0.4, -0.2) is 62.6 Å². The molecular formula is C25H29N3O4S. The minimum absolute atomic E-state index is 0.210. The third kappa shape index (κ3) is 4.07. The van der Waals surface area contributed by atoms with Crippen LogP contribution in [-0.2, 0) is 21.2 Å². The summed E-state index contributed by atoms with van der Waals surface area (Å²) in [4.78, 5) is 15.2. The van der Waals surface area contributed by atoms with E-state index in [0.717, 1.165) is 18.7 Å². The van der Waals surface area contributed by atoms with E-state index < -0.39 is 16.0 Å². The largest absolute Gasteiger partial charge is 0.465 e. The zero-order valence-electron chi connectivity index (χ0n) is 18.7. The second-order valence-electron chi connectivity index (χ2n) is 8.91. The van der Waals surface area contributed by atoms with Crippen molar-refractivity contribution in [3.63, 3.8) is 0 Å². The number of piperidine rings is 3. The highest BCUT2D eigenvalue weighted by atomic mass is 32.2. The molecule has 0 aliphatic carbocycles. The fourth-order valence-corrected chi connectivity index (χ4v) is 6.71. The van der Waals surface area contributed by atoms with Crippen molar-refractivity contribution >= 4 is 26.9 Å². The standard InChI is InChI=1S/C25H29N3O4S/c1-32-25(29)21-8-5-9-23-24(21)19(10-13-26-22-17-27-14-11-18(22)12-15-27)16-28(23)33(30,31)20-6-3-2-4-7-20/h2-9,16,18,22,26H,10-15,17H2,1H3/t22-/m1/s1. The Morgan fingerprint density at radius 2 is 1.85 bits per heavy atom. The first-order valence-electron chi connectivity index (χ1n) is 11.5. The number of esters is 1. The van der Waals surface area contributed by atoms with Gasteiger partial charge in [-0.15, -0.1) is 0 Å². The maximum atomic E-state index is 13.4. The van der Waals surface area contributed by atoms with Gasteiger partial charge in [-0.2, -0.15) is 0 Å². The Morgan fingerprint density at radius 3 is 2.52 bits per heavy atom. The molecule has 2 aromatic carbocycles. The van der Waals surface area contributed by atoms with Gasteiger partial charge in [-0.3, -0.25) is 0 Å². The van der Waals surface area contributed by atoms with Gasteiger partial charge < -0.3 is 15.0 Å². The summed E-state index contributed by atoms with van der Waals surface area (Å²) < 4.78 is 33.2. The highest BCUT2D eigenvalue weighted by Crippen LogP contribution is 2.30. The molecule has 3 aliphatic heterocycles. The zero-order valence-corrected chi connectivity index (χ0v) is 19.6. The SMILES string of the molecule is COC(=O)c1cccc2c1c(CCN[C@@H]1CN3CCC1CC3)cn2S(=O)(=O)c1ccccc1. The summed E-state index contributed by atoms with van der Waals surface area (Å²) in [5.74, 6) is 0.238. The first-order chi connectivity index (χ1) is 16.0. The summed E-state index contributed by atoms with van der Waals surface area (Å²) in [5.41, 5.74) is 1.69. The number of hydrogen-bond donors (Lipinski definition) is 1. The number of fused-ring (bicyclic) bond motifs is 4. The van der Waals surface area contributed by atoms with Gasteiger partial charge in [-0.1, -0.05) is 24.3 Å². The lowest BCUT2D eigenvalue weighted by Gasteiger charge is -2.45. The maximum Gasteiger partial charge on any atom is 0.338 e. The van der Waals surface area contributed by atoms with E-state index in [1.807, 2.05) is 0 Å². The Balaban J connectivity index is 1.50. The Hall–Kier alpha value is -2.68. The predicted octanol–water partition coefficient (Wildman–Crippen LogP) is 2.89. The van der Waals surface area contributed by atoms with Crippen molar-refractivity contribution in [3.05, 3.63) is 65.9 Å². The third-order valence-electron chi connectivity index (χ3n) is 7.04. The number of rotatable bonds is 7. The molecule has 1 aromatic heterocycles.